The van der Waals surface area contributed by atoms with E-state index in [1.54, 1.807) is 0 Å². The topological polar surface area (TPSA) is 42.7 Å². The van der Waals surface area contributed by atoms with Crippen LogP contribution in [0.3, 0.4) is 0 Å². The monoisotopic (exact) mass is 300 g/mol. The van der Waals surface area contributed by atoms with Crippen LogP contribution in [0.4, 0.5) is 0 Å². The van der Waals surface area contributed by atoms with E-state index in [2.05, 4.69) is 38.3 Å². The van der Waals surface area contributed by atoms with E-state index < -0.39 is 0 Å². The lowest BCUT2D eigenvalue weighted by Gasteiger charge is -2.19. The van der Waals surface area contributed by atoms with E-state index in [0.29, 0.717) is 5.92 Å². The minimum atomic E-state index is 0.456. The Labute approximate surface area is 128 Å². The van der Waals surface area contributed by atoms with E-state index >= 15 is 0 Å². The van der Waals surface area contributed by atoms with Crippen molar-refractivity contribution in [1.82, 2.24) is 20.1 Å². The summed E-state index contributed by atoms with van der Waals surface area (Å²) >= 11 is 6.14. The molecule has 0 saturated carbocycles. The van der Waals surface area contributed by atoms with Gasteiger partial charge in [0, 0.05) is 17.5 Å². The molecule has 1 aliphatic carbocycles. The second-order valence-electron chi connectivity index (χ2n) is 5.67. The predicted octanol–water partition coefficient (Wildman–Crippen LogP) is 3.35. The molecule has 2 aromatic rings. The smallest absolute Gasteiger partial charge is 0.151 e. The quantitative estimate of drug-likeness (QED) is 0.821. The molecule has 0 bridgehead atoms. The maximum atomic E-state index is 6.14. The van der Waals surface area contributed by atoms with E-state index in [9.17, 15) is 0 Å². The van der Waals surface area contributed by atoms with Crippen molar-refractivity contribution in [3.8, 4) is 5.69 Å². The molecule has 108 valence electrons. The first-order chi connectivity index (χ1) is 10.3. The number of hydrogen-bond donors (Lipinski definition) is 1. The van der Waals surface area contributed by atoms with Gasteiger partial charge in [0.25, 0.3) is 0 Å². The summed E-state index contributed by atoms with van der Waals surface area (Å²) in [5.74, 6) is 2.53. The van der Waals surface area contributed by atoms with Crippen molar-refractivity contribution < 1.29 is 0 Å². The first kappa shape index (κ1) is 13.0. The highest BCUT2D eigenvalue weighted by molar-refractivity contribution is 6.30. The van der Waals surface area contributed by atoms with Crippen molar-refractivity contribution in [1.29, 1.82) is 0 Å². The number of fused-ring (bicyclic) bond motifs is 3. The Morgan fingerprint density at radius 1 is 1.19 bits per heavy atom. The zero-order valence-electron chi connectivity index (χ0n) is 11.7. The standard InChI is InChI=1S/C16H17ClN4/c17-13-6-7-14-12(8-13)9-18-10-15-19-20-16(21(14)15)11-4-2-1-3-5-11/h1-2,6-8,11,18H,3-5,9-10H2. The number of nitrogens with one attached hydrogen (secondary N) is 1. The molecule has 0 amide bonds. The van der Waals surface area contributed by atoms with Gasteiger partial charge in [0.15, 0.2) is 5.82 Å². The van der Waals surface area contributed by atoms with Crippen molar-refractivity contribution in [3.63, 3.8) is 0 Å². The van der Waals surface area contributed by atoms with Gasteiger partial charge in [0.1, 0.15) is 5.82 Å². The molecule has 2 heterocycles. The Hall–Kier alpha value is -1.65. The number of nitrogens with zero attached hydrogens (tertiary/aromatic N) is 3. The molecule has 0 radical (unpaired) electrons. The highest BCUT2D eigenvalue weighted by Gasteiger charge is 2.25. The summed E-state index contributed by atoms with van der Waals surface area (Å²) in [7, 11) is 0. The molecule has 1 aromatic heterocycles. The van der Waals surface area contributed by atoms with Gasteiger partial charge in [-0.25, -0.2) is 0 Å². The first-order valence-electron chi connectivity index (χ1n) is 7.41. The number of halogens is 1. The highest BCUT2D eigenvalue weighted by atomic mass is 35.5. The zero-order chi connectivity index (χ0) is 14.2. The first-order valence-corrected chi connectivity index (χ1v) is 7.79. The van der Waals surface area contributed by atoms with Gasteiger partial charge >= 0.3 is 0 Å². The van der Waals surface area contributed by atoms with Gasteiger partial charge in [-0.1, -0.05) is 23.8 Å². The number of aromatic nitrogens is 3. The van der Waals surface area contributed by atoms with E-state index in [1.807, 2.05) is 12.1 Å². The average Bonchev–Trinajstić information content (AvgIpc) is 2.84. The van der Waals surface area contributed by atoms with Crippen molar-refractivity contribution in [2.75, 3.05) is 0 Å². The summed E-state index contributed by atoms with van der Waals surface area (Å²) in [5.41, 5.74) is 2.36. The third-order valence-corrected chi connectivity index (χ3v) is 4.51. The van der Waals surface area contributed by atoms with Crippen LogP contribution in [-0.4, -0.2) is 14.8 Å². The third kappa shape index (κ3) is 2.28. The fourth-order valence-corrected chi connectivity index (χ4v) is 3.42. The minimum Gasteiger partial charge on any atom is -0.306 e. The fourth-order valence-electron chi connectivity index (χ4n) is 3.22. The van der Waals surface area contributed by atoms with Gasteiger partial charge < -0.3 is 5.32 Å². The van der Waals surface area contributed by atoms with Gasteiger partial charge in [0.05, 0.1) is 12.2 Å². The van der Waals surface area contributed by atoms with Gasteiger partial charge in [-0.3, -0.25) is 4.57 Å². The lowest BCUT2D eigenvalue weighted by atomic mass is 9.93. The summed E-state index contributed by atoms with van der Waals surface area (Å²) in [4.78, 5) is 0. The van der Waals surface area contributed by atoms with Gasteiger partial charge in [-0.05, 0) is 43.0 Å². The number of benzene rings is 1. The van der Waals surface area contributed by atoms with Crippen LogP contribution < -0.4 is 5.32 Å². The largest absolute Gasteiger partial charge is 0.306 e. The zero-order valence-corrected chi connectivity index (χ0v) is 12.5. The van der Waals surface area contributed by atoms with Crippen molar-refractivity contribution in [2.24, 2.45) is 0 Å². The summed E-state index contributed by atoms with van der Waals surface area (Å²) in [5, 5.41) is 13.1. The Morgan fingerprint density at radius 2 is 2.14 bits per heavy atom. The Balaban J connectivity index is 1.86. The van der Waals surface area contributed by atoms with E-state index in [-0.39, 0.29) is 0 Å². The van der Waals surface area contributed by atoms with Crippen LogP contribution >= 0.6 is 11.6 Å². The summed E-state index contributed by atoms with van der Waals surface area (Å²) in [6.07, 6.45) is 7.83. The molecule has 1 aliphatic heterocycles. The second kappa shape index (κ2) is 5.28. The van der Waals surface area contributed by atoms with Crippen LogP contribution in [0.2, 0.25) is 5.02 Å². The number of hydrogen-bond acceptors (Lipinski definition) is 3. The molecule has 21 heavy (non-hydrogen) atoms. The third-order valence-electron chi connectivity index (χ3n) is 4.27. The maximum Gasteiger partial charge on any atom is 0.151 e. The molecule has 4 rings (SSSR count). The van der Waals surface area contributed by atoms with Gasteiger partial charge in [-0.2, -0.15) is 0 Å². The molecule has 1 unspecified atom stereocenters. The molecule has 4 nitrogen and oxygen atoms in total. The van der Waals surface area contributed by atoms with E-state index in [0.717, 1.165) is 54.7 Å². The van der Waals surface area contributed by atoms with E-state index in [1.165, 1.54) is 5.56 Å². The predicted molar refractivity (Wildman–Crippen MR) is 82.6 cm³/mol. The molecular weight excluding hydrogens is 284 g/mol. The van der Waals surface area contributed by atoms with Crippen LogP contribution in [0.25, 0.3) is 5.69 Å². The molecule has 5 heteroatoms. The molecule has 0 saturated heterocycles. The molecule has 0 fully saturated rings. The van der Waals surface area contributed by atoms with Crippen LogP contribution in [0.1, 0.15) is 42.4 Å². The summed E-state index contributed by atoms with van der Waals surface area (Å²) in [6.45, 7) is 1.55. The Bertz CT molecular complexity index is 704. The normalized spacial score (nSPS) is 20.7. The summed E-state index contributed by atoms with van der Waals surface area (Å²) < 4.78 is 2.23. The number of allylic oxidation sites excluding steroid dienone is 2. The molecular formula is C16H17ClN4. The lowest BCUT2D eigenvalue weighted by molar-refractivity contribution is 0.570. The minimum absolute atomic E-state index is 0.456. The summed E-state index contributed by atoms with van der Waals surface area (Å²) in [6, 6.07) is 6.06. The second-order valence-corrected chi connectivity index (χ2v) is 6.10. The van der Waals surface area contributed by atoms with Crippen LogP contribution in [0, 0.1) is 0 Å². The van der Waals surface area contributed by atoms with E-state index in [4.69, 9.17) is 11.6 Å². The Kier molecular flexibility index (Phi) is 3.28. The van der Waals surface area contributed by atoms with Crippen LogP contribution in [0.5, 0.6) is 0 Å². The molecule has 1 N–H and O–H groups in total. The maximum absolute atomic E-state index is 6.14. The van der Waals surface area contributed by atoms with Crippen LogP contribution in [0.15, 0.2) is 30.4 Å². The van der Waals surface area contributed by atoms with Crippen molar-refractivity contribution in [3.05, 3.63) is 52.6 Å². The van der Waals surface area contributed by atoms with Crippen molar-refractivity contribution >= 4 is 11.6 Å². The molecule has 1 aromatic carbocycles. The average molecular weight is 301 g/mol. The Morgan fingerprint density at radius 3 is 3.00 bits per heavy atom. The fraction of sp³-hybridized carbons (Fsp3) is 0.375. The molecule has 2 aliphatic rings. The SMILES string of the molecule is Clc1ccc2c(c1)CNCc1nnc(C3CC=CCC3)n1-2. The van der Waals surface area contributed by atoms with Gasteiger partial charge in [0.2, 0.25) is 0 Å². The van der Waals surface area contributed by atoms with Gasteiger partial charge in [-0.15, -0.1) is 10.2 Å². The highest BCUT2D eigenvalue weighted by Crippen LogP contribution is 2.32. The molecule has 0 spiro atoms. The van der Waals surface area contributed by atoms with Crippen LogP contribution in [-0.2, 0) is 13.1 Å². The molecule has 1 atom stereocenters. The lowest BCUT2D eigenvalue weighted by Crippen LogP contribution is -2.12. The van der Waals surface area contributed by atoms with Crippen molar-refractivity contribution in [2.45, 2.75) is 38.3 Å². The number of rotatable bonds is 1.